The third kappa shape index (κ3) is 4.81. The van der Waals surface area contributed by atoms with Gasteiger partial charge in [-0.05, 0) is 25.0 Å². The lowest BCUT2D eigenvalue weighted by Crippen LogP contribution is -2.26. The maximum atomic E-state index is 6.02. The molecule has 2 aromatic rings. The summed E-state index contributed by atoms with van der Waals surface area (Å²) in [6, 6.07) is 4.61. The Morgan fingerprint density at radius 3 is 2.46 bits per heavy atom. The van der Waals surface area contributed by atoms with Gasteiger partial charge in [-0.2, -0.15) is 0 Å². The van der Waals surface area contributed by atoms with E-state index in [9.17, 15) is 0 Å². The minimum Gasteiger partial charge on any atom is -0.347 e. The Labute approximate surface area is 154 Å². The number of fused-ring (bicyclic) bond motifs is 1. The van der Waals surface area contributed by atoms with Crippen molar-refractivity contribution in [2.45, 2.75) is 71.5 Å². The smallest absolute Gasteiger partial charge is 0.193 e. The summed E-state index contributed by atoms with van der Waals surface area (Å²) in [6.45, 7) is 6.21. The lowest BCUT2D eigenvalue weighted by molar-refractivity contribution is -0.204. The second-order valence-electron chi connectivity index (χ2n) is 6.92. The Morgan fingerprint density at radius 1 is 0.958 bits per heavy atom. The van der Waals surface area contributed by atoms with E-state index in [1.54, 1.807) is 0 Å². The van der Waals surface area contributed by atoms with Gasteiger partial charge >= 0.3 is 0 Å². The highest BCUT2D eigenvalue weighted by molar-refractivity contribution is 7.38. The summed E-state index contributed by atoms with van der Waals surface area (Å²) in [6.07, 6.45) is 10.3. The highest BCUT2D eigenvalue weighted by atomic mass is 32.2. The van der Waals surface area contributed by atoms with E-state index in [0.29, 0.717) is 5.92 Å². The number of thiophene rings is 2. The molecule has 3 rings (SSSR count). The largest absolute Gasteiger partial charge is 0.347 e. The van der Waals surface area contributed by atoms with Gasteiger partial charge in [0.05, 0.1) is 22.1 Å². The fourth-order valence-corrected chi connectivity index (χ4v) is 5.92. The van der Waals surface area contributed by atoms with Crippen molar-refractivity contribution in [3.8, 4) is 0 Å². The number of unbranched alkanes of at least 4 members (excludes halogenated alkanes) is 4. The van der Waals surface area contributed by atoms with Crippen molar-refractivity contribution in [3.63, 3.8) is 0 Å². The van der Waals surface area contributed by atoms with Crippen molar-refractivity contribution in [2.75, 3.05) is 13.2 Å². The maximum absolute atomic E-state index is 6.02. The van der Waals surface area contributed by atoms with Crippen LogP contribution in [0.1, 0.15) is 74.8 Å². The molecule has 1 fully saturated rings. The minimum atomic E-state index is -0.138. The standard InChI is InChI=1S/C20H30O2S2/c1-3-5-6-7-8-10-15-13-21-19(22-14-15)18-12-16-11-17(9-4-2)23-20(16)24-18/h11-12,15,19H,3-10,13-14H2,1-2H3. The van der Waals surface area contributed by atoms with Crippen LogP contribution in [0.4, 0.5) is 0 Å². The first-order valence-corrected chi connectivity index (χ1v) is 11.2. The van der Waals surface area contributed by atoms with Gasteiger partial charge in [-0.15, -0.1) is 22.7 Å². The molecule has 0 N–H and O–H groups in total. The summed E-state index contributed by atoms with van der Waals surface area (Å²) in [5.41, 5.74) is 0. The van der Waals surface area contributed by atoms with Crippen molar-refractivity contribution in [2.24, 2.45) is 5.92 Å². The predicted octanol–water partition coefficient (Wildman–Crippen LogP) is 6.94. The monoisotopic (exact) mass is 366 g/mol. The van der Waals surface area contributed by atoms with E-state index in [0.717, 1.165) is 13.2 Å². The van der Waals surface area contributed by atoms with Gasteiger partial charge in [0.1, 0.15) is 0 Å². The molecule has 0 atom stereocenters. The first-order valence-electron chi connectivity index (χ1n) is 9.55. The molecule has 0 unspecified atom stereocenters. The molecule has 0 amide bonds. The minimum absolute atomic E-state index is 0.138. The van der Waals surface area contributed by atoms with Crippen LogP contribution < -0.4 is 0 Å². The van der Waals surface area contributed by atoms with E-state index >= 15 is 0 Å². The number of hydrogen-bond acceptors (Lipinski definition) is 4. The zero-order valence-electron chi connectivity index (χ0n) is 15.0. The summed E-state index contributed by atoms with van der Waals surface area (Å²) in [5, 5.41) is 1.37. The summed E-state index contributed by atoms with van der Waals surface area (Å²) >= 11 is 3.78. The second kappa shape index (κ2) is 9.33. The van der Waals surface area contributed by atoms with Gasteiger partial charge in [-0.3, -0.25) is 0 Å². The molecule has 2 nitrogen and oxygen atoms in total. The average molecular weight is 367 g/mol. The van der Waals surface area contributed by atoms with Crippen molar-refractivity contribution in [3.05, 3.63) is 21.9 Å². The van der Waals surface area contributed by atoms with Crippen molar-refractivity contribution >= 4 is 32.1 Å². The van der Waals surface area contributed by atoms with Crippen LogP contribution in [0.5, 0.6) is 0 Å². The number of rotatable bonds is 9. The van der Waals surface area contributed by atoms with E-state index in [4.69, 9.17) is 9.47 Å². The highest BCUT2D eigenvalue weighted by Gasteiger charge is 2.25. The van der Waals surface area contributed by atoms with Gasteiger partial charge in [0.25, 0.3) is 0 Å². The molecule has 2 aromatic heterocycles. The molecule has 1 saturated heterocycles. The zero-order chi connectivity index (χ0) is 16.8. The van der Waals surface area contributed by atoms with Crippen molar-refractivity contribution in [1.29, 1.82) is 0 Å². The van der Waals surface area contributed by atoms with E-state index < -0.39 is 0 Å². The number of aryl methyl sites for hydroxylation is 1. The molecule has 3 heterocycles. The first-order chi connectivity index (χ1) is 11.8. The lowest BCUT2D eigenvalue weighted by Gasteiger charge is -2.28. The average Bonchev–Trinajstić information content (AvgIpc) is 3.14. The fourth-order valence-electron chi connectivity index (χ4n) is 3.31. The summed E-state index contributed by atoms with van der Waals surface area (Å²) in [7, 11) is 0. The predicted molar refractivity (Wildman–Crippen MR) is 105 cm³/mol. The van der Waals surface area contributed by atoms with Crippen LogP contribution in [0.25, 0.3) is 9.40 Å². The number of ether oxygens (including phenoxy) is 2. The zero-order valence-corrected chi connectivity index (χ0v) is 16.6. The SMILES string of the molecule is CCCCCCCC1COC(c2cc3cc(CCC)sc3s2)OC1. The Balaban J connectivity index is 1.45. The van der Waals surface area contributed by atoms with E-state index in [1.165, 1.54) is 70.5 Å². The van der Waals surface area contributed by atoms with Crippen molar-refractivity contribution in [1.82, 2.24) is 0 Å². The molecular weight excluding hydrogens is 336 g/mol. The maximum Gasteiger partial charge on any atom is 0.193 e. The molecule has 0 saturated carbocycles. The molecule has 24 heavy (non-hydrogen) atoms. The normalized spacial score (nSPS) is 21.6. The van der Waals surface area contributed by atoms with Gasteiger partial charge in [0.2, 0.25) is 0 Å². The van der Waals surface area contributed by atoms with Crippen LogP contribution in [0.2, 0.25) is 0 Å². The fraction of sp³-hybridized carbons (Fsp3) is 0.700. The molecule has 1 aliphatic heterocycles. The third-order valence-electron chi connectivity index (χ3n) is 4.70. The van der Waals surface area contributed by atoms with E-state index in [2.05, 4.69) is 26.0 Å². The van der Waals surface area contributed by atoms with Crippen LogP contribution in [0.15, 0.2) is 12.1 Å². The molecule has 4 heteroatoms. The summed E-state index contributed by atoms with van der Waals surface area (Å²) in [5.74, 6) is 0.583. The van der Waals surface area contributed by atoms with Gasteiger partial charge in [0, 0.05) is 16.2 Å². The van der Waals surface area contributed by atoms with Crippen LogP contribution in [0, 0.1) is 5.92 Å². The Hall–Kier alpha value is -0.420. The molecule has 0 aliphatic carbocycles. The van der Waals surface area contributed by atoms with E-state index in [1.807, 2.05) is 22.7 Å². The molecule has 0 bridgehead atoms. The summed E-state index contributed by atoms with van der Waals surface area (Å²) in [4.78, 5) is 2.74. The molecule has 134 valence electrons. The Kier molecular flexibility index (Phi) is 7.14. The van der Waals surface area contributed by atoms with Crippen LogP contribution >= 0.6 is 22.7 Å². The lowest BCUT2D eigenvalue weighted by atomic mass is 10.0. The van der Waals surface area contributed by atoms with Crippen LogP contribution in [-0.4, -0.2) is 13.2 Å². The van der Waals surface area contributed by atoms with Crippen LogP contribution in [-0.2, 0) is 15.9 Å². The summed E-state index contributed by atoms with van der Waals surface area (Å²) < 4.78 is 13.5. The second-order valence-corrected chi connectivity index (χ2v) is 9.40. The van der Waals surface area contributed by atoms with E-state index in [-0.39, 0.29) is 6.29 Å². The molecular formula is C20H30O2S2. The van der Waals surface area contributed by atoms with Gasteiger partial charge in [-0.1, -0.05) is 52.4 Å². The van der Waals surface area contributed by atoms with Gasteiger partial charge < -0.3 is 9.47 Å². The Morgan fingerprint density at radius 2 is 1.75 bits per heavy atom. The highest BCUT2D eigenvalue weighted by Crippen LogP contribution is 2.39. The molecule has 0 aromatic carbocycles. The van der Waals surface area contributed by atoms with Gasteiger partial charge in [-0.25, -0.2) is 0 Å². The number of hydrogen-bond donors (Lipinski definition) is 0. The quantitative estimate of drug-likeness (QED) is 0.448. The van der Waals surface area contributed by atoms with Gasteiger partial charge in [0.15, 0.2) is 6.29 Å². The third-order valence-corrected chi connectivity index (χ3v) is 7.17. The first kappa shape index (κ1) is 18.4. The van der Waals surface area contributed by atoms with Crippen molar-refractivity contribution < 1.29 is 9.47 Å². The molecule has 0 spiro atoms. The Bertz CT molecular complexity index is 577. The van der Waals surface area contributed by atoms with Crippen LogP contribution in [0.3, 0.4) is 0 Å². The molecule has 0 radical (unpaired) electrons. The topological polar surface area (TPSA) is 18.5 Å². The molecule has 1 aliphatic rings.